The maximum Gasteiger partial charge on any atom is 0.136 e. The molecule has 3 nitrogen and oxygen atoms in total. The van der Waals surface area contributed by atoms with E-state index in [-0.39, 0.29) is 0 Å². The topological polar surface area (TPSA) is 34.9 Å². The van der Waals surface area contributed by atoms with Gasteiger partial charge in [0, 0.05) is 25.6 Å². The van der Waals surface area contributed by atoms with Gasteiger partial charge in [0.05, 0.1) is 6.20 Å². The molecule has 3 heteroatoms. The third-order valence-electron chi connectivity index (χ3n) is 3.73. The van der Waals surface area contributed by atoms with Gasteiger partial charge in [-0.15, -0.1) is 0 Å². The van der Waals surface area contributed by atoms with Crippen molar-refractivity contribution in [3.63, 3.8) is 0 Å². The minimum absolute atomic E-state index is 0.342. The summed E-state index contributed by atoms with van der Waals surface area (Å²) in [7, 11) is 1.91. The Labute approximate surface area is 103 Å². The van der Waals surface area contributed by atoms with Crippen LogP contribution in [0.4, 0.5) is 0 Å². The van der Waals surface area contributed by atoms with Crippen LogP contribution in [0, 0.1) is 5.92 Å². The van der Waals surface area contributed by atoms with Gasteiger partial charge in [0.1, 0.15) is 5.78 Å². The van der Waals surface area contributed by atoms with Crippen LogP contribution in [0.25, 0.3) is 0 Å². The number of hydrogen-bond acceptors (Lipinski definition) is 2. The summed E-state index contributed by atoms with van der Waals surface area (Å²) in [5.74, 6) is 0.810. The first-order valence-corrected chi connectivity index (χ1v) is 6.76. The molecule has 1 fully saturated rings. The molecule has 1 aromatic rings. The lowest BCUT2D eigenvalue weighted by molar-refractivity contribution is -0.123. The van der Waals surface area contributed by atoms with Gasteiger partial charge in [-0.25, -0.2) is 0 Å². The summed E-state index contributed by atoms with van der Waals surface area (Å²) in [6.45, 7) is 0. The zero-order valence-electron chi connectivity index (χ0n) is 10.7. The van der Waals surface area contributed by atoms with Crippen LogP contribution in [-0.2, 0) is 18.3 Å². The Kier molecular flexibility index (Phi) is 4.35. The molecule has 1 aliphatic carbocycles. The van der Waals surface area contributed by atoms with E-state index in [0.717, 1.165) is 19.3 Å². The average Bonchev–Trinajstić information content (AvgIpc) is 2.58. The van der Waals surface area contributed by atoms with Crippen LogP contribution in [0.5, 0.6) is 0 Å². The highest BCUT2D eigenvalue weighted by molar-refractivity contribution is 5.81. The summed E-state index contributed by atoms with van der Waals surface area (Å²) in [4.78, 5) is 12.1. The summed E-state index contributed by atoms with van der Waals surface area (Å²) >= 11 is 0. The molecular formula is C14H22N2O. The van der Waals surface area contributed by atoms with Crippen LogP contribution in [0.15, 0.2) is 12.4 Å². The summed E-state index contributed by atoms with van der Waals surface area (Å²) in [6.07, 6.45) is 12.7. The summed E-state index contributed by atoms with van der Waals surface area (Å²) in [5, 5.41) is 4.13. The van der Waals surface area contributed by atoms with Crippen LogP contribution >= 0.6 is 0 Å². The molecule has 1 saturated carbocycles. The number of rotatable bonds is 4. The number of carbonyl (C=O) groups is 1. The number of Topliss-reactive ketones (excluding diaryl/α,β-unsaturated/α-hetero) is 1. The Morgan fingerprint density at radius 1 is 1.35 bits per heavy atom. The van der Waals surface area contributed by atoms with Gasteiger partial charge < -0.3 is 0 Å². The highest BCUT2D eigenvalue weighted by Crippen LogP contribution is 2.24. The number of ketones is 1. The van der Waals surface area contributed by atoms with Crippen LogP contribution < -0.4 is 0 Å². The second-order valence-corrected chi connectivity index (χ2v) is 5.18. The van der Waals surface area contributed by atoms with Crippen molar-refractivity contribution >= 4 is 5.78 Å². The molecule has 0 unspecified atom stereocenters. The minimum atomic E-state index is 0.342. The van der Waals surface area contributed by atoms with Crippen molar-refractivity contribution in [2.75, 3.05) is 0 Å². The average molecular weight is 234 g/mol. The molecule has 94 valence electrons. The lowest BCUT2D eigenvalue weighted by Crippen LogP contribution is -2.14. The predicted octanol–water partition coefficient (Wildman–Crippen LogP) is 2.89. The SMILES string of the molecule is Cn1cc(CCC(=O)C2CCCCCC2)cn1. The fraction of sp³-hybridized carbons (Fsp3) is 0.714. The first-order chi connectivity index (χ1) is 8.25. The summed E-state index contributed by atoms with van der Waals surface area (Å²) in [5.41, 5.74) is 1.18. The van der Waals surface area contributed by atoms with E-state index in [2.05, 4.69) is 5.10 Å². The molecule has 0 spiro atoms. The first-order valence-electron chi connectivity index (χ1n) is 6.76. The molecule has 1 aromatic heterocycles. The standard InChI is InChI=1S/C14H22N2O/c1-16-11-12(10-15-16)8-9-14(17)13-6-4-2-3-5-7-13/h10-11,13H,2-9H2,1H3. The minimum Gasteiger partial charge on any atom is -0.299 e. The van der Waals surface area contributed by atoms with Crippen molar-refractivity contribution < 1.29 is 4.79 Å². The van der Waals surface area contributed by atoms with E-state index in [1.54, 1.807) is 4.68 Å². The van der Waals surface area contributed by atoms with Crippen molar-refractivity contribution in [1.82, 2.24) is 9.78 Å². The smallest absolute Gasteiger partial charge is 0.136 e. The second-order valence-electron chi connectivity index (χ2n) is 5.18. The van der Waals surface area contributed by atoms with Crippen LogP contribution in [0.2, 0.25) is 0 Å². The lowest BCUT2D eigenvalue weighted by Gasteiger charge is -2.11. The fourth-order valence-corrected chi connectivity index (χ4v) is 2.67. The number of aryl methyl sites for hydroxylation is 2. The van der Waals surface area contributed by atoms with Crippen molar-refractivity contribution in [2.24, 2.45) is 13.0 Å². The van der Waals surface area contributed by atoms with Gasteiger partial charge in [-0.3, -0.25) is 9.48 Å². The predicted molar refractivity (Wildman–Crippen MR) is 67.7 cm³/mol. The van der Waals surface area contributed by atoms with Gasteiger partial charge in [-0.05, 0) is 24.8 Å². The Morgan fingerprint density at radius 3 is 2.65 bits per heavy atom. The van der Waals surface area contributed by atoms with Crippen molar-refractivity contribution in [3.8, 4) is 0 Å². The molecule has 1 heterocycles. The molecule has 0 N–H and O–H groups in total. The van der Waals surface area contributed by atoms with Crippen LogP contribution in [0.3, 0.4) is 0 Å². The van der Waals surface area contributed by atoms with Crippen molar-refractivity contribution in [2.45, 2.75) is 51.4 Å². The van der Waals surface area contributed by atoms with Crippen molar-refractivity contribution in [3.05, 3.63) is 18.0 Å². The van der Waals surface area contributed by atoms with E-state index >= 15 is 0 Å². The molecule has 0 bridgehead atoms. The van der Waals surface area contributed by atoms with E-state index in [9.17, 15) is 4.79 Å². The molecule has 0 saturated heterocycles. The highest BCUT2D eigenvalue weighted by Gasteiger charge is 2.19. The molecule has 17 heavy (non-hydrogen) atoms. The first kappa shape index (κ1) is 12.3. The normalized spacial score (nSPS) is 17.9. The van der Waals surface area contributed by atoms with Gasteiger partial charge in [-0.2, -0.15) is 5.10 Å². The number of aromatic nitrogens is 2. The maximum absolute atomic E-state index is 12.1. The quantitative estimate of drug-likeness (QED) is 0.751. The number of carbonyl (C=O) groups excluding carboxylic acids is 1. The molecule has 1 aliphatic rings. The summed E-state index contributed by atoms with van der Waals surface area (Å²) in [6, 6.07) is 0. The molecule has 0 aliphatic heterocycles. The van der Waals surface area contributed by atoms with Gasteiger partial charge in [0.25, 0.3) is 0 Å². The molecule has 0 atom stereocenters. The fourth-order valence-electron chi connectivity index (χ4n) is 2.67. The van der Waals surface area contributed by atoms with E-state index in [1.807, 2.05) is 19.4 Å². The van der Waals surface area contributed by atoms with E-state index < -0.39 is 0 Å². The summed E-state index contributed by atoms with van der Waals surface area (Å²) < 4.78 is 1.80. The van der Waals surface area contributed by atoms with Gasteiger partial charge in [0.2, 0.25) is 0 Å². The zero-order chi connectivity index (χ0) is 12.1. The molecule has 0 radical (unpaired) electrons. The Balaban J connectivity index is 1.79. The van der Waals surface area contributed by atoms with Gasteiger partial charge in [-0.1, -0.05) is 25.7 Å². The molecule has 0 amide bonds. The van der Waals surface area contributed by atoms with E-state index in [1.165, 1.54) is 31.2 Å². The third-order valence-corrected chi connectivity index (χ3v) is 3.73. The van der Waals surface area contributed by atoms with Gasteiger partial charge in [0.15, 0.2) is 0 Å². The van der Waals surface area contributed by atoms with Crippen LogP contribution in [-0.4, -0.2) is 15.6 Å². The number of hydrogen-bond donors (Lipinski definition) is 0. The van der Waals surface area contributed by atoms with Gasteiger partial charge >= 0.3 is 0 Å². The Hall–Kier alpha value is -1.12. The zero-order valence-corrected chi connectivity index (χ0v) is 10.7. The van der Waals surface area contributed by atoms with E-state index in [0.29, 0.717) is 18.1 Å². The molecule has 2 rings (SSSR count). The Bertz CT molecular complexity index is 362. The maximum atomic E-state index is 12.1. The molecular weight excluding hydrogens is 212 g/mol. The largest absolute Gasteiger partial charge is 0.299 e. The van der Waals surface area contributed by atoms with E-state index in [4.69, 9.17) is 0 Å². The number of nitrogens with zero attached hydrogens (tertiary/aromatic N) is 2. The van der Waals surface area contributed by atoms with Crippen LogP contribution in [0.1, 0.15) is 50.5 Å². The molecule has 0 aromatic carbocycles. The third kappa shape index (κ3) is 3.69. The lowest BCUT2D eigenvalue weighted by atomic mass is 9.92. The highest BCUT2D eigenvalue weighted by atomic mass is 16.1. The second kappa shape index (κ2) is 5.99. The monoisotopic (exact) mass is 234 g/mol. The Morgan fingerprint density at radius 2 is 2.06 bits per heavy atom. The van der Waals surface area contributed by atoms with Crippen molar-refractivity contribution in [1.29, 1.82) is 0 Å².